The second-order valence-corrected chi connectivity index (χ2v) is 16.0. The maximum absolute atomic E-state index is 5.27. The monoisotopic (exact) mass is 756 g/mol. The molecule has 2 aliphatic rings. The van der Waals surface area contributed by atoms with Crippen LogP contribution in [0.15, 0.2) is 204 Å². The van der Waals surface area contributed by atoms with E-state index in [2.05, 4.69) is 164 Å². The van der Waals surface area contributed by atoms with Gasteiger partial charge in [-0.2, -0.15) is 0 Å². The van der Waals surface area contributed by atoms with Crippen molar-refractivity contribution < 1.29 is 0 Å². The average Bonchev–Trinajstić information content (AvgIpc) is 3.58. The van der Waals surface area contributed by atoms with Crippen molar-refractivity contribution in [2.45, 2.75) is 15.2 Å². The van der Waals surface area contributed by atoms with Crippen LogP contribution >= 0.6 is 11.8 Å². The van der Waals surface area contributed by atoms with Gasteiger partial charge in [0, 0.05) is 43.6 Å². The fraction of sp³-hybridized carbons (Fsp3) is 0.0189. The Balaban J connectivity index is 1.13. The summed E-state index contributed by atoms with van der Waals surface area (Å²) in [5.41, 5.74) is 13.1. The highest BCUT2D eigenvalue weighted by atomic mass is 32.2. The van der Waals surface area contributed by atoms with Crippen LogP contribution in [0.2, 0.25) is 0 Å². The first-order valence-electron chi connectivity index (χ1n) is 19.5. The topological polar surface area (TPSA) is 51.6 Å². The number of nitrogens with zero attached hydrogens (tertiary/aromatic N) is 4. The van der Waals surface area contributed by atoms with Crippen molar-refractivity contribution in [2.24, 2.45) is 0 Å². The molecule has 0 fully saturated rings. The van der Waals surface area contributed by atoms with Crippen molar-refractivity contribution in [3.63, 3.8) is 0 Å². The van der Waals surface area contributed by atoms with E-state index in [1.165, 1.54) is 43.2 Å². The predicted molar refractivity (Wildman–Crippen MR) is 236 cm³/mol. The Morgan fingerprint density at radius 2 is 0.931 bits per heavy atom. The van der Waals surface area contributed by atoms with E-state index in [9.17, 15) is 0 Å². The van der Waals surface area contributed by atoms with Gasteiger partial charge in [-0.1, -0.05) is 169 Å². The summed E-state index contributed by atoms with van der Waals surface area (Å²) >= 11 is 1.86. The molecule has 0 N–H and O–H groups in total. The molecular weight excluding hydrogens is 725 g/mol. The van der Waals surface area contributed by atoms with Crippen LogP contribution in [0.1, 0.15) is 22.3 Å². The quantitative estimate of drug-likeness (QED) is 0.179. The Labute approximate surface area is 340 Å². The van der Waals surface area contributed by atoms with Gasteiger partial charge < -0.3 is 0 Å². The van der Waals surface area contributed by atoms with Crippen LogP contribution in [0.5, 0.6) is 0 Å². The van der Waals surface area contributed by atoms with Gasteiger partial charge in [-0.25, -0.2) is 15.0 Å². The number of para-hydroxylation sites is 1. The second-order valence-electron chi connectivity index (χ2n) is 14.9. The van der Waals surface area contributed by atoms with Crippen LogP contribution in [0.3, 0.4) is 0 Å². The minimum absolute atomic E-state index is 0.514. The Bertz CT molecular complexity index is 3230. The normalized spacial score (nSPS) is 13.2. The molecule has 10 aromatic rings. The standard InChI is InChI=1S/C53H32N4S/c1-2-14-35(15-3-1)50-55-51(57-52(56-50)40-21-10-16-33-13-4-5-19-38(33)40)37-27-29-44-42(32-37)41-31-36(39-20-11-17-34-18-12-30-54-49(34)39)26-28-43(41)53(44)45-22-6-8-24-47(45)58-48-25-9-7-23-46(48)53/h1-32H. The molecule has 2 aromatic heterocycles. The van der Waals surface area contributed by atoms with Gasteiger partial charge in [-0.05, 0) is 80.0 Å². The fourth-order valence-corrected chi connectivity index (χ4v) is 10.5. The van der Waals surface area contributed by atoms with Gasteiger partial charge >= 0.3 is 0 Å². The van der Waals surface area contributed by atoms with Crippen molar-refractivity contribution in [2.75, 3.05) is 0 Å². The maximum Gasteiger partial charge on any atom is 0.164 e. The molecule has 0 amide bonds. The number of benzene rings is 8. The number of hydrogen-bond donors (Lipinski definition) is 0. The van der Waals surface area contributed by atoms with E-state index in [1.54, 1.807) is 0 Å². The second kappa shape index (κ2) is 12.9. The molecule has 1 aliphatic carbocycles. The predicted octanol–water partition coefficient (Wildman–Crippen LogP) is 13.1. The summed E-state index contributed by atoms with van der Waals surface area (Å²) < 4.78 is 0. The molecule has 0 saturated heterocycles. The van der Waals surface area contributed by atoms with Crippen LogP contribution in [-0.2, 0) is 5.41 Å². The number of rotatable bonds is 4. The third-order valence-corrected chi connectivity index (χ3v) is 13.0. The lowest BCUT2D eigenvalue weighted by Gasteiger charge is -2.39. The molecule has 4 nitrogen and oxygen atoms in total. The molecule has 8 aromatic carbocycles. The summed E-state index contributed by atoms with van der Waals surface area (Å²) in [6.45, 7) is 0. The molecule has 3 heterocycles. The molecule has 0 saturated carbocycles. The highest BCUT2D eigenvalue weighted by molar-refractivity contribution is 7.99. The van der Waals surface area contributed by atoms with Gasteiger partial charge in [0.1, 0.15) is 0 Å². The fourth-order valence-electron chi connectivity index (χ4n) is 9.31. The van der Waals surface area contributed by atoms with Gasteiger partial charge in [-0.15, -0.1) is 0 Å². The van der Waals surface area contributed by atoms with Crippen LogP contribution in [0.25, 0.3) is 78.1 Å². The maximum atomic E-state index is 5.27. The summed E-state index contributed by atoms with van der Waals surface area (Å²) in [6.07, 6.45) is 1.88. The van der Waals surface area contributed by atoms with Crippen molar-refractivity contribution in [3.05, 3.63) is 217 Å². The first-order chi connectivity index (χ1) is 28.7. The zero-order valence-corrected chi connectivity index (χ0v) is 32.0. The van der Waals surface area contributed by atoms with E-state index in [4.69, 9.17) is 19.9 Å². The third kappa shape index (κ3) is 4.90. The molecule has 0 atom stereocenters. The van der Waals surface area contributed by atoms with Gasteiger partial charge in [0.2, 0.25) is 0 Å². The number of pyridine rings is 1. The van der Waals surface area contributed by atoms with E-state index >= 15 is 0 Å². The number of fused-ring (bicyclic) bond motifs is 11. The van der Waals surface area contributed by atoms with E-state index < -0.39 is 5.41 Å². The molecule has 5 heteroatoms. The van der Waals surface area contributed by atoms with Crippen LogP contribution < -0.4 is 0 Å². The van der Waals surface area contributed by atoms with Gasteiger partial charge in [-0.3, -0.25) is 4.98 Å². The molecule has 0 unspecified atom stereocenters. The van der Waals surface area contributed by atoms with Crippen molar-refractivity contribution in [1.29, 1.82) is 0 Å². The SMILES string of the molecule is c1ccc(-c2nc(-c3ccc4c(c3)-c3cc(-c5cccc6cccnc56)ccc3C43c4ccccc4Sc4ccccc43)nc(-c3cccc4ccccc34)n2)cc1. The Kier molecular flexibility index (Phi) is 7.34. The third-order valence-electron chi connectivity index (χ3n) is 11.8. The Morgan fingerprint density at radius 3 is 1.71 bits per heavy atom. The molecule has 1 aliphatic heterocycles. The molecular formula is C53H32N4S. The molecule has 12 rings (SSSR count). The summed E-state index contributed by atoms with van der Waals surface area (Å²) in [4.78, 5) is 23.0. The zero-order chi connectivity index (χ0) is 38.2. The summed E-state index contributed by atoms with van der Waals surface area (Å²) in [5.74, 6) is 1.93. The minimum Gasteiger partial charge on any atom is -0.256 e. The average molecular weight is 757 g/mol. The van der Waals surface area contributed by atoms with E-state index in [-0.39, 0.29) is 0 Å². The minimum atomic E-state index is -0.514. The van der Waals surface area contributed by atoms with Crippen molar-refractivity contribution in [3.8, 4) is 56.4 Å². The first-order valence-corrected chi connectivity index (χ1v) is 20.4. The van der Waals surface area contributed by atoms with E-state index in [1.807, 2.05) is 42.2 Å². The molecule has 58 heavy (non-hydrogen) atoms. The molecule has 270 valence electrons. The molecule has 1 spiro atoms. The van der Waals surface area contributed by atoms with Crippen LogP contribution in [-0.4, -0.2) is 19.9 Å². The summed E-state index contributed by atoms with van der Waals surface area (Å²) in [7, 11) is 0. The van der Waals surface area contributed by atoms with E-state index in [0.717, 1.165) is 49.5 Å². The Hall–Kier alpha value is -7.21. The Morgan fingerprint density at radius 1 is 0.362 bits per heavy atom. The van der Waals surface area contributed by atoms with Crippen molar-refractivity contribution in [1.82, 2.24) is 19.9 Å². The number of aromatic nitrogens is 4. The largest absolute Gasteiger partial charge is 0.256 e. The van der Waals surface area contributed by atoms with Crippen molar-refractivity contribution >= 4 is 33.4 Å². The smallest absolute Gasteiger partial charge is 0.164 e. The lowest BCUT2D eigenvalue weighted by molar-refractivity contribution is 0.722. The number of hydrogen-bond acceptors (Lipinski definition) is 5. The lowest BCUT2D eigenvalue weighted by Crippen LogP contribution is -2.31. The molecule has 0 radical (unpaired) electrons. The summed E-state index contributed by atoms with van der Waals surface area (Å²) in [6, 6.07) is 67.3. The lowest BCUT2D eigenvalue weighted by atomic mass is 9.67. The zero-order valence-electron chi connectivity index (χ0n) is 31.2. The van der Waals surface area contributed by atoms with Crippen LogP contribution in [0.4, 0.5) is 0 Å². The van der Waals surface area contributed by atoms with Crippen LogP contribution in [0, 0.1) is 0 Å². The van der Waals surface area contributed by atoms with E-state index in [0.29, 0.717) is 17.5 Å². The first kappa shape index (κ1) is 33.0. The van der Waals surface area contributed by atoms with Gasteiger partial charge in [0.25, 0.3) is 0 Å². The van der Waals surface area contributed by atoms with Gasteiger partial charge in [0.05, 0.1) is 10.9 Å². The highest BCUT2D eigenvalue weighted by Gasteiger charge is 2.50. The summed E-state index contributed by atoms with van der Waals surface area (Å²) in [5, 5.41) is 3.37. The molecule has 0 bridgehead atoms. The van der Waals surface area contributed by atoms with Gasteiger partial charge in [0.15, 0.2) is 17.5 Å². The highest BCUT2D eigenvalue weighted by Crippen LogP contribution is 2.62.